The van der Waals surface area contributed by atoms with Crippen LogP contribution in [0.15, 0.2) is 21.4 Å². The molecule has 0 radical (unpaired) electrons. The molecule has 0 amide bonds. The van der Waals surface area contributed by atoms with Crippen molar-refractivity contribution in [1.82, 2.24) is 0 Å². The van der Waals surface area contributed by atoms with Gasteiger partial charge in [0.05, 0.1) is 3.58 Å². The Hall–Kier alpha value is -0.320. The van der Waals surface area contributed by atoms with Crippen LogP contribution in [-0.2, 0) is 4.79 Å². The van der Waals surface area contributed by atoms with Gasteiger partial charge < -0.3 is 5.73 Å². The number of hydrogen-bond acceptors (Lipinski definition) is 2. The van der Waals surface area contributed by atoms with Gasteiger partial charge in [0.1, 0.15) is 0 Å². The molecular weight excluding hydrogens is 229 g/mol. The molecule has 0 saturated heterocycles. The Kier molecular flexibility index (Phi) is 1.90. The molecule has 0 bridgehead atoms. The first-order chi connectivity index (χ1) is 4.20. The van der Waals surface area contributed by atoms with E-state index < -0.39 is 0 Å². The number of nitrogens with two attached hydrogens (primary N) is 1. The van der Waals surface area contributed by atoms with Gasteiger partial charge in [0.2, 0.25) is 0 Å². The van der Waals surface area contributed by atoms with Crippen LogP contribution in [0.1, 0.15) is 6.42 Å². The maximum atomic E-state index is 10.8. The fraction of sp³-hybridized carbons (Fsp3) is 0.167. The third-order valence-corrected chi connectivity index (χ3v) is 2.00. The van der Waals surface area contributed by atoms with Gasteiger partial charge in [0.25, 0.3) is 0 Å². The predicted octanol–water partition coefficient (Wildman–Crippen LogP) is 1.12. The normalized spacial score (nSPS) is 19.0. The van der Waals surface area contributed by atoms with E-state index in [0.717, 1.165) is 3.58 Å². The van der Waals surface area contributed by atoms with Crippen molar-refractivity contribution in [2.75, 3.05) is 0 Å². The summed E-state index contributed by atoms with van der Waals surface area (Å²) < 4.78 is 0.729. The SMILES string of the molecule is NC1=CCC(=O)C(I)=C1. The molecule has 0 saturated carbocycles. The van der Waals surface area contributed by atoms with Crippen LogP contribution in [0.5, 0.6) is 0 Å². The first-order valence-electron chi connectivity index (χ1n) is 2.56. The van der Waals surface area contributed by atoms with Gasteiger partial charge in [-0.05, 0) is 28.7 Å². The van der Waals surface area contributed by atoms with Crippen molar-refractivity contribution in [3.05, 3.63) is 21.4 Å². The molecule has 0 aliphatic heterocycles. The largest absolute Gasteiger partial charge is 0.399 e. The van der Waals surface area contributed by atoms with Gasteiger partial charge in [-0.3, -0.25) is 4.79 Å². The standard InChI is InChI=1S/C6H6INO/c7-5-3-4(8)1-2-6(5)9/h1,3H,2,8H2. The lowest BCUT2D eigenvalue weighted by Gasteiger charge is -2.02. The number of hydrogen-bond donors (Lipinski definition) is 1. The van der Waals surface area contributed by atoms with Crippen LogP contribution < -0.4 is 5.73 Å². The summed E-state index contributed by atoms with van der Waals surface area (Å²) in [4.78, 5) is 10.8. The molecule has 2 nitrogen and oxygen atoms in total. The number of Topliss-reactive ketones (excluding diaryl/α,β-unsaturated/α-hetero) is 1. The molecule has 3 heteroatoms. The number of ketones is 1. The topological polar surface area (TPSA) is 43.1 Å². The van der Waals surface area contributed by atoms with Crippen molar-refractivity contribution < 1.29 is 4.79 Å². The van der Waals surface area contributed by atoms with E-state index in [0.29, 0.717) is 12.1 Å². The molecule has 9 heavy (non-hydrogen) atoms. The van der Waals surface area contributed by atoms with Crippen molar-refractivity contribution in [3.8, 4) is 0 Å². The summed E-state index contributed by atoms with van der Waals surface area (Å²) in [7, 11) is 0. The van der Waals surface area contributed by atoms with Crippen molar-refractivity contribution in [2.45, 2.75) is 6.42 Å². The minimum absolute atomic E-state index is 0.157. The fourth-order valence-electron chi connectivity index (χ4n) is 0.594. The summed E-state index contributed by atoms with van der Waals surface area (Å²) in [6, 6.07) is 0. The maximum absolute atomic E-state index is 10.8. The van der Waals surface area contributed by atoms with Crippen molar-refractivity contribution in [1.29, 1.82) is 0 Å². The Morgan fingerprint density at radius 2 is 2.33 bits per heavy atom. The Balaban J connectivity index is 2.87. The predicted molar refractivity (Wildman–Crippen MR) is 44.0 cm³/mol. The second-order valence-corrected chi connectivity index (χ2v) is 2.99. The summed E-state index contributed by atoms with van der Waals surface area (Å²) in [5, 5.41) is 0. The summed E-state index contributed by atoms with van der Waals surface area (Å²) in [5.41, 5.74) is 6.11. The molecular formula is C6H6INO. The van der Waals surface area contributed by atoms with Crippen LogP contribution in [0.2, 0.25) is 0 Å². The first kappa shape index (κ1) is 6.80. The van der Waals surface area contributed by atoms with E-state index >= 15 is 0 Å². The minimum Gasteiger partial charge on any atom is -0.399 e. The molecule has 0 aromatic rings. The van der Waals surface area contributed by atoms with E-state index in [9.17, 15) is 4.79 Å². The Morgan fingerprint density at radius 3 is 2.78 bits per heavy atom. The molecule has 0 aromatic heterocycles. The van der Waals surface area contributed by atoms with Gasteiger partial charge in [-0.15, -0.1) is 0 Å². The van der Waals surface area contributed by atoms with E-state index in [-0.39, 0.29) is 5.78 Å². The molecule has 1 rings (SSSR count). The molecule has 2 N–H and O–H groups in total. The highest BCUT2D eigenvalue weighted by Gasteiger charge is 2.08. The van der Waals surface area contributed by atoms with E-state index in [4.69, 9.17) is 5.73 Å². The highest BCUT2D eigenvalue weighted by Crippen LogP contribution is 2.16. The van der Waals surface area contributed by atoms with Crippen LogP contribution in [0, 0.1) is 0 Å². The molecule has 48 valence electrons. The van der Waals surface area contributed by atoms with Crippen LogP contribution in [0.25, 0.3) is 0 Å². The van der Waals surface area contributed by atoms with E-state index in [1.807, 2.05) is 22.6 Å². The van der Waals surface area contributed by atoms with Crippen LogP contribution in [-0.4, -0.2) is 5.78 Å². The Labute approximate surface area is 66.9 Å². The van der Waals surface area contributed by atoms with Gasteiger partial charge in [0, 0.05) is 12.1 Å². The monoisotopic (exact) mass is 235 g/mol. The zero-order chi connectivity index (χ0) is 6.85. The van der Waals surface area contributed by atoms with E-state index in [2.05, 4.69) is 0 Å². The molecule has 0 spiro atoms. The minimum atomic E-state index is 0.157. The second kappa shape index (κ2) is 2.51. The highest BCUT2D eigenvalue weighted by atomic mass is 127. The molecule has 0 heterocycles. The van der Waals surface area contributed by atoms with Crippen LogP contribution in [0.3, 0.4) is 0 Å². The number of carbonyl (C=O) groups is 1. The summed E-state index contributed by atoms with van der Waals surface area (Å²) in [6.07, 6.45) is 3.87. The smallest absolute Gasteiger partial charge is 0.172 e. The van der Waals surface area contributed by atoms with E-state index in [1.165, 1.54) is 0 Å². The number of carbonyl (C=O) groups excluding carboxylic acids is 1. The molecule has 1 aliphatic carbocycles. The average molecular weight is 235 g/mol. The lowest BCUT2D eigenvalue weighted by molar-refractivity contribution is -0.114. The lowest BCUT2D eigenvalue weighted by Crippen LogP contribution is -2.05. The lowest BCUT2D eigenvalue weighted by atomic mass is 10.1. The van der Waals surface area contributed by atoms with Crippen molar-refractivity contribution >= 4 is 28.4 Å². The zero-order valence-electron chi connectivity index (χ0n) is 4.73. The number of rotatable bonds is 0. The quantitative estimate of drug-likeness (QED) is 0.639. The van der Waals surface area contributed by atoms with E-state index in [1.54, 1.807) is 12.2 Å². The second-order valence-electron chi connectivity index (χ2n) is 1.82. The zero-order valence-corrected chi connectivity index (χ0v) is 6.88. The van der Waals surface area contributed by atoms with Crippen molar-refractivity contribution in [2.24, 2.45) is 5.73 Å². The Bertz CT molecular complexity index is 205. The summed E-state index contributed by atoms with van der Waals surface area (Å²) in [5.74, 6) is 0.157. The highest BCUT2D eigenvalue weighted by molar-refractivity contribution is 14.1. The van der Waals surface area contributed by atoms with Gasteiger partial charge >= 0.3 is 0 Å². The number of halogens is 1. The third-order valence-electron chi connectivity index (χ3n) is 1.08. The third kappa shape index (κ3) is 1.54. The van der Waals surface area contributed by atoms with Gasteiger partial charge in [0.15, 0.2) is 5.78 Å². The maximum Gasteiger partial charge on any atom is 0.172 e. The molecule has 0 fully saturated rings. The average Bonchev–Trinajstić information content (AvgIpc) is 1.80. The summed E-state index contributed by atoms with van der Waals surface area (Å²) in [6.45, 7) is 0. The fourth-order valence-corrected chi connectivity index (χ4v) is 1.17. The molecule has 1 aliphatic rings. The van der Waals surface area contributed by atoms with Crippen LogP contribution >= 0.6 is 22.6 Å². The van der Waals surface area contributed by atoms with Crippen molar-refractivity contribution in [3.63, 3.8) is 0 Å². The first-order valence-corrected chi connectivity index (χ1v) is 3.64. The van der Waals surface area contributed by atoms with Gasteiger partial charge in [-0.1, -0.05) is 6.08 Å². The number of allylic oxidation sites excluding steroid dienone is 3. The Morgan fingerprint density at radius 1 is 1.67 bits per heavy atom. The summed E-state index contributed by atoms with van der Waals surface area (Å²) >= 11 is 1.99. The van der Waals surface area contributed by atoms with Crippen LogP contribution in [0.4, 0.5) is 0 Å². The van der Waals surface area contributed by atoms with Gasteiger partial charge in [-0.2, -0.15) is 0 Å². The molecule has 0 unspecified atom stereocenters. The molecule has 0 atom stereocenters. The molecule has 0 aromatic carbocycles. The van der Waals surface area contributed by atoms with Gasteiger partial charge in [-0.25, -0.2) is 0 Å².